The quantitative estimate of drug-likeness (QED) is 0.157. The van der Waals surface area contributed by atoms with E-state index in [0.29, 0.717) is 46.8 Å². The molecule has 6 unspecified atom stereocenters. The first-order valence-corrected chi connectivity index (χ1v) is 32.9. The van der Waals surface area contributed by atoms with Crippen LogP contribution >= 0.6 is 0 Å². The van der Waals surface area contributed by atoms with Crippen molar-refractivity contribution in [1.82, 2.24) is 0 Å². The molecule has 85 heavy (non-hydrogen) atoms. The van der Waals surface area contributed by atoms with Gasteiger partial charge in [-0.05, 0) is 175 Å². The zero-order valence-electron chi connectivity index (χ0n) is 56.8. The second-order valence-electron chi connectivity index (χ2n) is 29.9. The summed E-state index contributed by atoms with van der Waals surface area (Å²) in [6.45, 7) is 40.5. The van der Waals surface area contributed by atoms with Gasteiger partial charge in [0.05, 0.1) is 0 Å². The van der Waals surface area contributed by atoms with Gasteiger partial charge in [0.2, 0.25) is 0 Å². The van der Waals surface area contributed by atoms with Gasteiger partial charge in [-0.3, -0.25) is 0 Å². The maximum absolute atomic E-state index is 3.97. The van der Waals surface area contributed by atoms with E-state index in [4.69, 9.17) is 0 Å². The SMILES string of the molecule is CC(C)(C)C1=CC2C(C=C1)C1C=CC(C(C)(C)C)=CC1C2C1(C2CCCC2)CCCc2ccccc21.CC(C)(C)c1ccc2c(c1)C(C1(C3C=CC=C3)CCCc3ccccc31)c1cc(C(C)(C)C)ccc1-2.CC[N-]CC.CC[N-]CC.[CH3-].[CH3-].[Zr+4]. The van der Waals surface area contributed by atoms with Gasteiger partial charge in [-0.1, -0.05) is 269 Å². The van der Waals surface area contributed by atoms with Crippen molar-refractivity contribution in [3.63, 3.8) is 0 Å². The van der Waals surface area contributed by atoms with E-state index in [9.17, 15) is 0 Å². The molecule has 0 saturated heterocycles. The molecule has 0 N–H and O–H groups in total. The monoisotopic (exact) mass is 1220 g/mol. The first-order valence-electron chi connectivity index (χ1n) is 32.9. The Labute approximate surface area is 541 Å². The van der Waals surface area contributed by atoms with Crippen LogP contribution in [-0.2, 0) is 60.7 Å². The topological polar surface area (TPSA) is 28.2 Å². The number of aryl methyl sites for hydroxylation is 2. The van der Waals surface area contributed by atoms with Gasteiger partial charge in [-0.25, -0.2) is 0 Å². The molecule has 2 saturated carbocycles. The van der Waals surface area contributed by atoms with Gasteiger partial charge >= 0.3 is 26.2 Å². The molecule has 0 bridgehead atoms. The molecule has 12 rings (SSSR count). The van der Waals surface area contributed by atoms with E-state index in [1.807, 2.05) is 27.7 Å². The minimum Gasteiger partial charge on any atom is -0.663 e. The third kappa shape index (κ3) is 14.1. The Balaban J connectivity index is 0.000000228. The van der Waals surface area contributed by atoms with E-state index < -0.39 is 0 Å². The van der Waals surface area contributed by atoms with Crippen LogP contribution in [0.1, 0.15) is 213 Å². The molecule has 3 heteroatoms. The smallest absolute Gasteiger partial charge is 0.663 e. The number of allylic oxidation sites excluding steroid dienone is 12. The van der Waals surface area contributed by atoms with Gasteiger partial charge in [0, 0.05) is 22.7 Å². The summed E-state index contributed by atoms with van der Waals surface area (Å²) >= 11 is 0. The Hall–Kier alpha value is -3.88. The molecular formula is C82H114N2Zr. The van der Waals surface area contributed by atoms with Crippen molar-refractivity contribution < 1.29 is 26.2 Å². The fraction of sp³-hybridized carbons (Fsp3) is 0.537. The van der Waals surface area contributed by atoms with Crippen LogP contribution in [0.25, 0.3) is 21.8 Å². The fourth-order valence-electron chi connectivity index (χ4n) is 16.9. The molecule has 4 aromatic rings. The second kappa shape index (κ2) is 28.7. The minimum absolute atomic E-state index is 0. The predicted octanol–water partition coefficient (Wildman–Crippen LogP) is 22.7. The Kier molecular flexibility index (Phi) is 23.7. The van der Waals surface area contributed by atoms with Crippen LogP contribution in [0.3, 0.4) is 0 Å². The molecule has 0 radical (unpaired) electrons. The molecule has 6 atom stereocenters. The molecule has 456 valence electrons. The minimum atomic E-state index is 0. The number of nitrogens with zero attached hydrogens (tertiary/aromatic N) is 2. The Morgan fingerprint density at radius 1 is 0.459 bits per heavy atom. The third-order valence-corrected chi connectivity index (χ3v) is 20.9. The number of hydrogen-bond acceptors (Lipinski definition) is 0. The van der Waals surface area contributed by atoms with E-state index in [2.05, 4.69) is 239 Å². The van der Waals surface area contributed by atoms with Crippen LogP contribution in [0.2, 0.25) is 0 Å². The summed E-state index contributed by atoms with van der Waals surface area (Å²) in [6, 6.07) is 33.8. The van der Waals surface area contributed by atoms with E-state index >= 15 is 0 Å². The zero-order chi connectivity index (χ0) is 58.8. The summed E-state index contributed by atoms with van der Waals surface area (Å²) in [6.07, 6.45) is 38.7. The second-order valence-corrected chi connectivity index (χ2v) is 29.9. The van der Waals surface area contributed by atoms with Crippen molar-refractivity contribution in [3.05, 3.63) is 227 Å². The molecule has 2 fully saturated rings. The normalized spacial score (nSPS) is 25.4. The van der Waals surface area contributed by atoms with E-state index in [1.165, 1.54) is 97.6 Å². The summed E-state index contributed by atoms with van der Waals surface area (Å²) in [5.74, 6) is 4.78. The van der Waals surface area contributed by atoms with Crippen LogP contribution < -0.4 is 0 Å². The van der Waals surface area contributed by atoms with Gasteiger partial charge in [-0.2, -0.15) is 26.2 Å². The molecule has 0 aromatic heterocycles. The summed E-state index contributed by atoms with van der Waals surface area (Å²) in [5, 5.41) is 7.94. The number of hydrogen-bond donors (Lipinski definition) is 0. The molecular weight excluding hydrogens is 1100 g/mol. The van der Waals surface area contributed by atoms with Crippen molar-refractivity contribution in [2.45, 2.75) is 203 Å². The third-order valence-electron chi connectivity index (χ3n) is 20.9. The van der Waals surface area contributed by atoms with Crippen LogP contribution in [0.4, 0.5) is 0 Å². The zero-order valence-corrected chi connectivity index (χ0v) is 59.2. The number of fused-ring (bicyclic) bond motifs is 8. The van der Waals surface area contributed by atoms with E-state index in [1.54, 1.807) is 33.4 Å². The van der Waals surface area contributed by atoms with Crippen molar-refractivity contribution >= 4 is 0 Å². The van der Waals surface area contributed by atoms with Crippen molar-refractivity contribution in [2.24, 2.45) is 52.3 Å². The Morgan fingerprint density at radius 2 is 0.859 bits per heavy atom. The van der Waals surface area contributed by atoms with Crippen molar-refractivity contribution in [2.75, 3.05) is 26.2 Å². The summed E-state index contributed by atoms with van der Waals surface area (Å²) < 4.78 is 0. The Morgan fingerprint density at radius 3 is 1.25 bits per heavy atom. The molecule has 4 aromatic carbocycles. The summed E-state index contributed by atoms with van der Waals surface area (Å²) in [7, 11) is 0. The van der Waals surface area contributed by atoms with Gasteiger partial charge in [0.25, 0.3) is 0 Å². The molecule has 0 amide bonds. The molecule has 0 spiro atoms. The number of benzene rings is 4. The predicted molar refractivity (Wildman–Crippen MR) is 369 cm³/mol. The molecule has 0 aliphatic heterocycles. The fourth-order valence-corrected chi connectivity index (χ4v) is 16.9. The average Bonchev–Trinajstić information content (AvgIpc) is 1.64. The summed E-state index contributed by atoms with van der Waals surface area (Å²) in [5.41, 5.74) is 19.4. The standard InChI is InChI=1S/C36H48.C36H40.2C4H10N.2CH3.Zr/c2*1-34(2,3)26-17-19-28-29-20-18-27(35(4,5)6)23-31(29)33(30(28)22-26)36(25-14-8-9-15-25)21-11-13-24-12-7-10-16-32(24)36;2*1-3-5-4-2;;;/h7,10,12,16-20,22-23,25,28-31,33H,8-9,11,13-15,21H2,1-6H3;7-10,12,14-20,22-23,25,33H,11,13,21H2,1-6H3;2*3-4H2,1-2H3;2*1H3;/q;;4*-1;+4. The van der Waals surface area contributed by atoms with Gasteiger partial charge in [0.15, 0.2) is 0 Å². The van der Waals surface area contributed by atoms with E-state index in [-0.39, 0.29) is 68.1 Å². The molecule has 8 aliphatic rings. The van der Waals surface area contributed by atoms with Crippen molar-refractivity contribution in [3.8, 4) is 11.1 Å². The number of rotatable bonds is 8. The van der Waals surface area contributed by atoms with Crippen LogP contribution in [-0.4, -0.2) is 26.2 Å². The van der Waals surface area contributed by atoms with Crippen molar-refractivity contribution in [1.29, 1.82) is 0 Å². The van der Waals surface area contributed by atoms with Gasteiger partial charge in [-0.15, -0.1) is 0 Å². The Bertz CT molecular complexity index is 2890. The molecule has 8 aliphatic carbocycles. The van der Waals surface area contributed by atoms with Crippen LogP contribution in [0.15, 0.2) is 157 Å². The maximum Gasteiger partial charge on any atom is 4.00 e. The van der Waals surface area contributed by atoms with Crippen LogP contribution in [0.5, 0.6) is 0 Å². The molecule has 2 nitrogen and oxygen atoms in total. The first kappa shape index (κ1) is 70.2. The average molecular weight is 1220 g/mol. The molecule has 0 heterocycles. The van der Waals surface area contributed by atoms with E-state index in [0.717, 1.165) is 32.1 Å². The first-order chi connectivity index (χ1) is 39.0. The largest absolute Gasteiger partial charge is 4.00 e. The van der Waals surface area contributed by atoms with Gasteiger partial charge in [0.1, 0.15) is 0 Å². The maximum atomic E-state index is 3.97. The van der Waals surface area contributed by atoms with Gasteiger partial charge < -0.3 is 25.5 Å². The summed E-state index contributed by atoms with van der Waals surface area (Å²) in [4.78, 5) is 0. The van der Waals surface area contributed by atoms with Crippen LogP contribution in [0, 0.1) is 67.1 Å².